The number of halogens is 2. The van der Waals surface area contributed by atoms with Gasteiger partial charge in [-0.25, -0.2) is 4.39 Å². The Morgan fingerprint density at radius 1 is 1.45 bits per heavy atom. The zero-order chi connectivity index (χ0) is 15.7. The first-order valence-electron chi connectivity index (χ1n) is 7.12. The van der Waals surface area contributed by atoms with E-state index in [-0.39, 0.29) is 0 Å². The Morgan fingerprint density at radius 2 is 2.27 bits per heavy atom. The van der Waals surface area contributed by atoms with Gasteiger partial charge in [-0.15, -0.1) is 22.7 Å². The standard InChI is InChI=1S/C16H16ClFN2S2/c1-3-10-7-12(19-8-11-5-4-6-21-11)16-14(20-10)13(17)15(22-16)9(2)18/h4-7,9H,3,8H2,1-2H3,(H,19,20). The predicted molar refractivity (Wildman–Crippen MR) is 95.2 cm³/mol. The van der Waals surface area contributed by atoms with E-state index in [2.05, 4.69) is 28.7 Å². The molecule has 6 heteroatoms. The van der Waals surface area contributed by atoms with Crippen molar-refractivity contribution >= 4 is 50.2 Å². The molecule has 0 spiro atoms. The molecule has 3 heterocycles. The number of nitrogens with one attached hydrogen (secondary N) is 1. The number of pyridine rings is 1. The normalized spacial score (nSPS) is 12.7. The molecule has 1 atom stereocenters. The number of hydrogen-bond acceptors (Lipinski definition) is 4. The van der Waals surface area contributed by atoms with Crippen LogP contribution in [0.2, 0.25) is 5.02 Å². The molecule has 0 saturated heterocycles. The van der Waals surface area contributed by atoms with Gasteiger partial charge in [-0.3, -0.25) is 4.98 Å². The van der Waals surface area contributed by atoms with E-state index in [1.54, 1.807) is 11.3 Å². The number of fused-ring (bicyclic) bond motifs is 1. The molecule has 1 unspecified atom stereocenters. The van der Waals surface area contributed by atoms with E-state index in [1.807, 2.05) is 12.1 Å². The van der Waals surface area contributed by atoms with Crippen molar-refractivity contribution in [3.8, 4) is 0 Å². The van der Waals surface area contributed by atoms with E-state index < -0.39 is 6.17 Å². The van der Waals surface area contributed by atoms with E-state index >= 15 is 0 Å². The fourth-order valence-corrected chi connectivity index (χ4v) is 4.43. The van der Waals surface area contributed by atoms with Gasteiger partial charge in [0.1, 0.15) is 11.7 Å². The third kappa shape index (κ3) is 2.98. The Hall–Kier alpha value is -1.17. The molecule has 3 aromatic rings. The molecular formula is C16H16ClFN2S2. The second kappa shape index (κ2) is 6.52. The van der Waals surface area contributed by atoms with Crippen LogP contribution in [0.5, 0.6) is 0 Å². The van der Waals surface area contributed by atoms with Gasteiger partial charge in [0.2, 0.25) is 0 Å². The highest BCUT2D eigenvalue weighted by molar-refractivity contribution is 7.20. The molecule has 0 aromatic carbocycles. The number of nitrogens with zero attached hydrogens (tertiary/aromatic N) is 1. The third-order valence-electron chi connectivity index (χ3n) is 3.42. The first-order chi connectivity index (χ1) is 10.6. The lowest BCUT2D eigenvalue weighted by Crippen LogP contribution is -1.99. The van der Waals surface area contributed by atoms with Gasteiger partial charge in [0, 0.05) is 17.1 Å². The Kier molecular flexibility index (Phi) is 4.66. The zero-order valence-electron chi connectivity index (χ0n) is 12.3. The summed E-state index contributed by atoms with van der Waals surface area (Å²) < 4.78 is 14.7. The molecule has 3 rings (SSSR count). The van der Waals surface area contributed by atoms with E-state index in [1.165, 1.54) is 23.1 Å². The number of anilines is 1. The molecule has 0 aliphatic heterocycles. The number of aryl methyl sites for hydroxylation is 1. The van der Waals surface area contributed by atoms with Crippen LogP contribution in [0, 0.1) is 0 Å². The van der Waals surface area contributed by atoms with Crippen molar-refractivity contribution in [1.29, 1.82) is 0 Å². The number of rotatable bonds is 5. The molecule has 1 N–H and O–H groups in total. The quantitative estimate of drug-likeness (QED) is 0.588. The smallest absolute Gasteiger partial charge is 0.133 e. The van der Waals surface area contributed by atoms with Crippen LogP contribution in [0.4, 0.5) is 10.1 Å². The minimum absolute atomic E-state index is 0.449. The monoisotopic (exact) mass is 354 g/mol. The maximum absolute atomic E-state index is 13.7. The first kappa shape index (κ1) is 15.7. The lowest BCUT2D eigenvalue weighted by Gasteiger charge is -2.08. The highest BCUT2D eigenvalue weighted by Gasteiger charge is 2.19. The molecule has 0 amide bonds. The fraction of sp³-hybridized carbons (Fsp3) is 0.312. The molecule has 116 valence electrons. The van der Waals surface area contributed by atoms with Gasteiger partial charge in [-0.05, 0) is 30.9 Å². The van der Waals surface area contributed by atoms with Crippen LogP contribution in [-0.4, -0.2) is 4.98 Å². The molecule has 3 aromatic heterocycles. The SMILES string of the molecule is CCc1cc(NCc2cccs2)c2sc(C(C)F)c(Cl)c2n1. The minimum Gasteiger partial charge on any atom is -0.379 e. The second-order valence-corrected chi connectivity index (χ2v) is 7.48. The van der Waals surface area contributed by atoms with Crippen LogP contribution in [0.25, 0.3) is 10.2 Å². The summed E-state index contributed by atoms with van der Waals surface area (Å²) >= 11 is 9.43. The number of hydrogen-bond donors (Lipinski definition) is 1. The van der Waals surface area contributed by atoms with Crippen LogP contribution in [-0.2, 0) is 13.0 Å². The second-order valence-electron chi connectivity index (χ2n) is 5.02. The molecule has 0 aliphatic rings. The van der Waals surface area contributed by atoms with Crippen molar-refractivity contribution in [2.24, 2.45) is 0 Å². The summed E-state index contributed by atoms with van der Waals surface area (Å²) in [5.74, 6) is 0. The van der Waals surface area contributed by atoms with Crippen LogP contribution in [0.1, 0.15) is 35.5 Å². The number of alkyl halides is 1. The summed E-state index contributed by atoms with van der Waals surface area (Å²) in [6.07, 6.45) is -0.266. The Bertz CT molecular complexity index is 781. The highest BCUT2D eigenvalue weighted by Crippen LogP contribution is 2.42. The number of aromatic nitrogens is 1. The maximum atomic E-state index is 13.7. The lowest BCUT2D eigenvalue weighted by atomic mass is 10.2. The molecule has 0 aliphatic carbocycles. The molecule has 2 nitrogen and oxygen atoms in total. The van der Waals surface area contributed by atoms with Crippen molar-refractivity contribution in [3.63, 3.8) is 0 Å². The fourth-order valence-electron chi connectivity index (χ4n) is 2.27. The Balaban J connectivity index is 2.04. The molecule has 0 bridgehead atoms. The van der Waals surface area contributed by atoms with Gasteiger partial charge in [-0.2, -0.15) is 0 Å². The van der Waals surface area contributed by atoms with Crippen molar-refractivity contribution in [2.45, 2.75) is 33.0 Å². The summed E-state index contributed by atoms with van der Waals surface area (Å²) in [6.45, 7) is 4.31. The predicted octanol–water partition coefficient (Wildman–Crippen LogP) is 6.22. The summed E-state index contributed by atoms with van der Waals surface area (Å²) in [5.41, 5.74) is 2.65. The summed E-state index contributed by atoms with van der Waals surface area (Å²) in [5, 5.41) is 5.95. The average Bonchev–Trinajstić information content (AvgIpc) is 3.13. The van der Waals surface area contributed by atoms with Gasteiger partial charge in [0.05, 0.1) is 20.3 Å². The van der Waals surface area contributed by atoms with E-state index in [0.717, 1.165) is 29.0 Å². The lowest BCUT2D eigenvalue weighted by molar-refractivity contribution is 0.380. The van der Waals surface area contributed by atoms with Crippen molar-refractivity contribution in [3.05, 3.63) is 44.1 Å². The molecular weight excluding hydrogens is 339 g/mol. The largest absolute Gasteiger partial charge is 0.379 e. The third-order valence-corrected chi connectivity index (χ3v) is 6.16. The van der Waals surface area contributed by atoms with E-state index in [0.29, 0.717) is 15.4 Å². The summed E-state index contributed by atoms with van der Waals surface area (Å²) in [7, 11) is 0. The van der Waals surface area contributed by atoms with Gasteiger partial charge < -0.3 is 5.32 Å². The first-order valence-corrected chi connectivity index (χ1v) is 9.19. The Labute approximate surface area is 142 Å². The van der Waals surface area contributed by atoms with E-state index in [9.17, 15) is 4.39 Å². The summed E-state index contributed by atoms with van der Waals surface area (Å²) in [4.78, 5) is 6.38. The van der Waals surface area contributed by atoms with Gasteiger partial charge in [0.15, 0.2) is 0 Å². The number of thiophene rings is 2. The molecule has 22 heavy (non-hydrogen) atoms. The maximum Gasteiger partial charge on any atom is 0.133 e. The van der Waals surface area contributed by atoms with Gasteiger partial charge in [-0.1, -0.05) is 24.6 Å². The van der Waals surface area contributed by atoms with Crippen LogP contribution in [0.15, 0.2) is 23.6 Å². The van der Waals surface area contributed by atoms with Crippen LogP contribution < -0.4 is 5.32 Å². The van der Waals surface area contributed by atoms with E-state index in [4.69, 9.17) is 11.6 Å². The zero-order valence-corrected chi connectivity index (χ0v) is 14.7. The van der Waals surface area contributed by atoms with Crippen molar-refractivity contribution < 1.29 is 4.39 Å². The Morgan fingerprint density at radius 3 is 2.91 bits per heavy atom. The molecule has 0 radical (unpaired) electrons. The highest BCUT2D eigenvalue weighted by atomic mass is 35.5. The summed E-state index contributed by atoms with van der Waals surface area (Å²) in [6, 6.07) is 6.16. The molecule has 0 saturated carbocycles. The van der Waals surface area contributed by atoms with Crippen molar-refractivity contribution in [2.75, 3.05) is 5.32 Å². The molecule has 0 fully saturated rings. The van der Waals surface area contributed by atoms with Gasteiger partial charge >= 0.3 is 0 Å². The van der Waals surface area contributed by atoms with Gasteiger partial charge in [0.25, 0.3) is 0 Å². The minimum atomic E-state index is -1.08. The van der Waals surface area contributed by atoms with Crippen LogP contribution in [0.3, 0.4) is 0 Å². The average molecular weight is 355 g/mol. The van der Waals surface area contributed by atoms with Crippen LogP contribution >= 0.6 is 34.3 Å². The van der Waals surface area contributed by atoms with Crippen molar-refractivity contribution in [1.82, 2.24) is 4.98 Å². The topological polar surface area (TPSA) is 24.9 Å².